The molecule has 0 saturated heterocycles. The quantitative estimate of drug-likeness (QED) is 0.798. The molecule has 6 nitrogen and oxygen atoms in total. The maximum atomic E-state index is 13.1. The van der Waals surface area contributed by atoms with Gasteiger partial charge in [-0.2, -0.15) is 0 Å². The van der Waals surface area contributed by atoms with Gasteiger partial charge in [0.1, 0.15) is 11.9 Å². The number of aryl methyl sites for hydroxylation is 1. The van der Waals surface area contributed by atoms with Crippen LogP contribution in [0.2, 0.25) is 0 Å². The van der Waals surface area contributed by atoms with Crippen LogP contribution in [-0.4, -0.2) is 39.0 Å². The Hall–Kier alpha value is -2.93. The summed E-state index contributed by atoms with van der Waals surface area (Å²) in [6.07, 6.45) is 0. The summed E-state index contributed by atoms with van der Waals surface area (Å²) in [6, 6.07) is 14.9. The third-order valence-corrected chi connectivity index (χ3v) is 6.24. The van der Waals surface area contributed by atoms with Crippen LogP contribution in [0.25, 0.3) is 0 Å². The number of amidine groups is 2. The second-order valence-electron chi connectivity index (χ2n) is 7.79. The molecule has 7 heteroatoms. The molecule has 2 unspecified atom stereocenters. The van der Waals surface area contributed by atoms with Crippen molar-refractivity contribution >= 4 is 46.0 Å². The summed E-state index contributed by atoms with van der Waals surface area (Å²) >= 11 is 1.27. The number of hydrogen-bond donors (Lipinski definition) is 1. The Morgan fingerprint density at radius 3 is 2.53 bits per heavy atom. The molecule has 154 valence electrons. The molecular weight excluding hydrogens is 396 g/mol. The summed E-state index contributed by atoms with van der Waals surface area (Å²) in [5.74, 6) is 0.475. The summed E-state index contributed by atoms with van der Waals surface area (Å²) in [5.41, 5.74) is 3.38. The van der Waals surface area contributed by atoms with Crippen LogP contribution in [0.15, 0.2) is 58.5 Å². The lowest BCUT2D eigenvalue weighted by Crippen LogP contribution is -2.43. The van der Waals surface area contributed by atoms with Crippen molar-refractivity contribution in [3.63, 3.8) is 0 Å². The number of nitrogens with zero attached hydrogens (tertiary/aromatic N) is 3. The average molecular weight is 421 g/mol. The van der Waals surface area contributed by atoms with Crippen LogP contribution in [0.3, 0.4) is 0 Å². The topological polar surface area (TPSA) is 74.1 Å². The van der Waals surface area contributed by atoms with Gasteiger partial charge in [-0.05, 0) is 43.5 Å². The SMILES string of the molecule is Cc1ccccc1NC(=O)C(C)SC1=Nc2ccccc2C2=NC(C(C)C)C(=O)N12. The lowest BCUT2D eigenvalue weighted by molar-refractivity contribution is -0.125. The van der Waals surface area contributed by atoms with Gasteiger partial charge in [0.25, 0.3) is 5.91 Å². The number of para-hydroxylation sites is 2. The Kier molecular flexibility index (Phi) is 5.47. The van der Waals surface area contributed by atoms with Gasteiger partial charge in [0.2, 0.25) is 5.91 Å². The molecule has 0 aromatic heterocycles. The van der Waals surface area contributed by atoms with Crippen LogP contribution < -0.4 is 5.32 Å². The Labute approximate surface area is 180 Å². The molecule has 2 aromatic carbocycles. The molecule has 2 aliphatic rings. The van der Waals surface area contributed by atoms with Crippen molar-refractivity contribution in [2.75, 3.05) is 5.32 Å². The van der Waals surface area contributed by atoms with E-state index in [4.69, 9.17) is 9.98 Å². The van der Waals surface area contributed by atoms with E-state index in [9.17, 15) is 9.59 Å². The number of carbonyl (C=O) groups is 2. The summed E-state index contributed by atoms with van der Waals surface area (Å²) < 4.78 is 0. The van der Waals surface area contributed by atoms with Crippen LogP contribution in [0.4, 0.5) is 11.4 Å². The smallest absolute Gasteiger partial charge is 0.259 e. The number of benzene rings is 2. The maximum Gasteiger partial charge on any atom is 0.259 e. The van der Waals surface area contributed by atoms with Crippen molar-refractivity contribution in [2.24, 2.45) is 15.9 Å². The van der Waals surface area contributed by atoms with Crippen LogP contribution >= 0.6 is 11.8 Å². The molecule has 30 heavy (non-hydrogen) atoms. The van der Waals surface area contributed by atoms with Gasteiger partial charge in [-0.1, -0.05) is 55.9 Å². The lowest BCUT2D eigenvalue weighted by Gasteiger charge is -2.27. The number of thioether (sulfide) groups is 1. The fraction of sp³-hybridized carbons (Fsp3) is 0.304. The molecule has 0 saturated carbocycles. The predicted octanol–water partition coefficient (Wildman–Crippen LogP) is 4.37. The Morgan fingerprint density at radius 2 is 1.80 bits per heavy atom. The minimum absolute atomic E-state index is 0.0794. The van der Waals surface area contributed by atoms with Gasteiger partial charge in [-0.15, -0.1) is 0 Å². The van der Waals surface area contributed by atoms with E-state index in [1.54, 1.807) is 4.90 Å². The third-order valence-electron chi connectivity index (χ3n) is 5.18. The summed E-state index contributed by atoms with van der Waals surface area (Å²) in [4.78, 5) is 36.9. The van der Waals surface area contributed by atoms with Crippen molar-refractivity contribution < 1.29 is 9.59 Å². The van der Waals surface area contributed by atoms with E-state index in [1.165, 1.54) is 11.8 Å². The van der Waals surface area contributed by atoms with Crippen LogP contribution in [0, 0.1) is 12.8 Å². The standard InChI is InChI=1S/C23H24N4O2S/c1-13(2)19-22(29)27-20(26-19)16-10-6-8-12-18(16)25-23(27)30-15(4)21(28)24-17-11-7-5-9-14(17)3/h5-13,15,19H,1-4H3,(H,24,28). The van der Waals surface area contributed by atoms with Crippen molar-refractivity contribution in [3.05, 3.63) is 59.7 Å². The Morgan fingerprint density at radius 1 is 1.10 bits per heavy atom. The van der Waals surface area contributed by atoms with Gasteiger partial charge in [-0.25, -0.2) is 9.89 Å². The summed E-state index contributed by atoms with van der Waals surface area (Å²) in [5, 5.41) is 3.02. The first-order valence-electron chi connectivity index (χ1n) is 10.00. The highest BCUT2D eigenvalue weighted by Gasteiger charge is 2.43. The number of carbonyl (C=O) groups excluding carboxylic acids is 2. The molecule has 0 spiro atoms. The lowest BCUT2D eigenvalue weighted by atomic mass is 10.1. The van der Waals surface area contributed by atoms with E-state index in [1.807, 2.05) is 76.2 Å². The number of aliphatic imine (C=N–C) groups is 2. The van der Waals surface area contributed by atoms with Crippen molar-refractivity contribution in [1.82, 2.24) is 4.90 Å². The zero-order valence-electron chi connectivity index (χ0n) is 17.4. The molecule has 0 aliphatic carbocycles. The largest absolute Gasteiger partial charge is 0.325 e. The number of hydrogen-bond acceptors (Lipinski definition) is 5. The molecule has 2 atom stereocenters. The normalized spacial score (nSPS) is 18.5. The van der Waals surface area contributed by atoms with Crippen LogP contribution in [0.5, 0.6) is 0 Å². The second-order valence-corrected chi connectivity index (χ2v) is 9.10. The van der Waals surface area contributed by atoms with E-state index < -0.39 is 11.3 Å². The molecule has 1 N–H and O–H groups in total. The molecule has 0 bridgehead atoms. The van der Waals surface area contributed by atoms with Gasteiger partial charge >= 0.3 is 0 Å². The first kappa shape index (κ1) is 20.3. The molecule has 2 aromatic rings. The Bertz CT molecular complexity index is 1080. The fourth-order valence-corrected chi connectivity index (χ4v) is 4.36. The van der Waals surface area contributed by atoms with E-state index in [0.717, 1.165) is 22.5 Å². The highest BCUT2D eigenvalue weighted by atomic mass is 32.2. The number of fused-ring (bicyclic) bond motifs is 3. The maximum absolute atomic E-state index is 13.1. The number of rotatable bonds is 4. The average Bonchev–Trinajstić information content (AvgIpc) is 3.08. The van der Waals surface area contributed by atoms with Crippen molar-refractivity contribution in [1.29, 1.82) is 0 Å². The molecular formula is C23H24N4O2S. The highest BCUT2D eigenvalue weighted by molar-refractivity contribution is 8.15. The van der Waals surface area contributed by atoms with E-state index in [2.05, 4.69) is 5.32 Å². The number of amides is 2. The first-order chi connectivity index (χ1) is 14.4. The zero-order chi connectivity index (χ0) is 21.4. The molecule has 2 amide bonds. The van der Waals surface area contributed by atoms with Crippen LogP contribution in [0.1, 0.15) is 31.9 Å². The monoisotopic (exact) mass is 420 g/mol. The van der Waals surface area contributed by atoms with Crippen molar-refractivity contribution in [3.8, 4) is 0 Å². The third kappa shape index (κ3) is 3.65. The summed E-state index contributed by atoms with van der Waals surface area (Å²) in [7, 11) is 0. The Balaban J connectivity index is 1.61. The first-order valence-corrected chi connectivity index (χ1v) is 10.9. The molecule has 4 rings (SSSR count). The van der Waals surface area contributed by atoms with E-state index in [0.29, 0.717) is 11.0 Å². The second kappa shape index (κ2) is 8.07. The fourth-order valence-electron chi connectivity index (χ4n) is 3.44. The van der Waals surface area contributed by atoms with Gasteiger partial charge in [0, 0.05) is 11.3 Å². The minimum Gasteiger partial charge on any atom is -0.325 e. The number of anilines is 1. The molecule has 0 fully saturated rings. The minimum atomic E-state index is -0.444. The van der Waals surface area contributed by atoms with Gasteiger partial charge < -0.3 is 5.32 Å². The van der Waals surface area contributed by atoms with Crippen molar-refractivity contribution in [2.45, 2.75) is 39.0 Å². The number of nitrogens with one attached hydrogen (secondary N) is 1. The summed E-state index contributed by atoms with van der Waals surface area (Å²) in [6.45, 7) is 7.74. The van der Waals surface area contributed by atoms with Gasteiger partial charge in [0.05, 0.1) is 10.9 Å². The van der Waals surface area contributed by atoms with Gasteiger partial charge in [0.15, 0.2) is 5.17 Å². The molecule has 2 aliphatic heterocycles. The molecule has 2 heterocycles. The van der Waals surface area contributed by atoms with Crippen LogP contribution in [-0.2, 0) is 9.59 Å². The van der Waals surface area contributed by atoms with E-state index in [-0.39, 0.29) is 17.7 Å². The van der Waals surface area contributed by atoms with Gasteiger partial charge in [-0.3, -0.25) is 14.6 Å². The zero-order valence-corrected chi connectivity index (χ0v) is 18.2. The molecule has 0 radical (unpaired) electrons. The highest BCUT2D eigenvalue weighted by Crippen LogP contribution is 2.35. The van der Waals surface area contributed by atoms with E-state index >= 15 is 0 Å². The predicted molar refractivity (Wildman–Crippen MR) is 122 cm³/mol.